The quantitative estimate of drug-likeness (QED) is 0.711. The lowest BCUT2D eigenvalue weighted by atomic mass is 9.93. The van der Waals surface area contributed by atoms with Crippen molar-refractivity contribution in [3.63, 3.8) is 0 Å². The Kier molecular flexibility index (Phi) is 3.79. The summed E-state index contributed by atoms with van der Waals surface area (Å²) in [6.07, 6.45) is 0.862. The van der Waals surface area contributed by atoms with Crippen LogP contribution >= 0.6 is 27.5 Å². The number of halogens is 2. The molecule has 0 unspecified atom stereocenters. The van der Waals surface area contributed by atoms with Crippen molar-refractivity contribution in [2.75, 3.05) is 5.32 Å². The number of hydrogen-bond donors (Lipinski definition) is 1. The molecule has 0 saturated heterocycles. The third-order valence-electron chi connectivity index (χ3n) is 4.08. The van der Waals surface area contributed by atoms with Gasteiger partial charge in [0.05, 0.1) is 12.1 Å². The van der Waals surface area contributed by atoms with Crippen LogP contribution in [0.1, 0.15) is 29.6 Å². The van der Waals surface area contributed by atoms with Crippen LogP contribution in [0.2, 0.25) is 5.02 Å². The van der Waals surface area contributed by atoms with Crippen molar-refractivity contribution in [3.8, 4) is 0 Å². The van der Waals surface area contributed by atoms with Gasteiger partial charge in [0.2, 0.25) is 5.95 Å². The number of nitrogens with one attached hydrogen (secondary N) is 1. The first kappa shape index (κ1) is 14.7. The summed E-state index contributed by atoms with van der Waals surface area (Å²) >= 11 is 9.47. The van der Waals surface area contributed by atoms with Crippen LogP contribution in [0.25, 0.3) is 0 Å². The molecular weight excluding hydrogens is 378 g/mol. The molecule has 2 heterocycles. The van der Waals surface area contributed by atoms with Crippen molar-refractivity contribution in [2.45, 2.75) is 18.5 Å². The maximum Gasteiger partial charge on any atom is 0.243 e. The van der Waals surface area contributed by atoms with Gasteiger partial charge in [-0.1, -0.05) is 56.9 Å². The summed E-state index contributed by atoms with van der Waals surface area (Å²) in [4.78, 5) is 0. The van der Waals surface area contributed by atoms with Gasteiger partial charge in [0, 0.05) is 9.50 Å². The Morgan fingerprint density at radius 2 is 1.74 bits per heavy atom. The summed E-state index contributed by atoms with van der Waals surface area (Å²) in [6.45, 7) is 0. The monoisotopic (exact) mass is 389 g/mol. The van der Waals surface area contributed by atoms with Crippen LogP contribution in [0, 0.1) is 0 Å². The molecule has 1 aliphatic rings. The maximum atomic E-state index is 5.99. The van der Waals surface area contributed by atoms with E-state index in [0.717, 1.165) is 15.9 Å². The predicted octanol–water partition coefficient (Wildman–Crippen LogP) is 4.24. The number of nitrogens with zero attached hydrogens (tertiary/aromatic N) is 4. The molecule has 5 nitrogen and oxygen atoms in total. The molecule has 7 heteroatoms. The van der Waals surface area contributed by atoms with E-state index in [4.69, 9.17) is 11.6 Å². The van der Waals surface area contributed by atoms with Crippen molar-refractivity contribution >= 4 is 33.5 Å². The van der Waals surface area contributed by atoms with Gasteiger partial charge in [0.15, 0.2) is 0 Å². The lowest BCUT2D eigenvalue weighted by Gasteiger charge is -2.31. The van der Waals surface area contributed by atoms with E-state index >= 15 is 0 Å². The van der Waals surface area contributed by atoms with E-state index in [0.29, 0.717) is 5.95 Å². The minimum atomic E-state index is 0.0926. The summed E-state index contributed by atoms with van der Waals surface area (Å²) in [5.74, 6) is 0.684. The second-order valence-electron chi connectivity index (χ2n) is 5.50. The van der Waals surface area contributed by atoms with Crippen molar-refractivity contribution in [3.05, 3.63) is 69.2 Å². The largest absolute Gasteiger partial charge is 0.346 e. The fraction of sp³-hybridized carbons (Fsp3) is 0.188. The van der Waals surface area contributed by atoms with E-state index in [-0.39, 0.29) is 12.1 Å². The van der Waals surface area contributed by atoms with Crippen molar-refractivity contribution in [1.29, 1.82) is 0 Å². The van der Waals surface area contributed by atoms with Gasteiger partial charge in [-0.05, 0) is 52.2 Å². The molecule has 0 amide bonds. The smallest absolute Gasteiger partial charge is 0.243 e. The molecule has 3 aromatic rings. The zero-order valence-corrected chi connectivity index (χ0v) is 14.4. The highest BCUT2D eigenvalue weighted by Gasteiger charge is 2.30. The molecule has 116 valence electrons. The number of aromatic nitrogens is 4. The third-order valence-corrected chi connectivity index (χ3v) is 4.86. The average molecular weight is 391 g/mol. The standard InChI is InChI=1S/C16H13BrClN5/c17-12-5-1-11(2-6-12)15-9-14(10-3-7-13(18)8-4-10)19-16-20-21-22-23(15)16/h1-8,14-15H,9H2,(H,19,20,22)/t14-,15-/m0/s1. The zero-order chi connectivity index (χ0) is 15.8. The Balaban J connectivity index is 1.71. The van der Waals surface area contributed by atoms with Gasteiger partial charge in [0.25, 0.3) is 0 Å². The fourth-order valence-corrected chi connectivity index (χ4v) is 3.30. The number of benzene rings is 2. The van der Waals surface area contributed by atoms with Crippen LogP contribution in [0.5, 0.6) is 0 Å². The molecule has 0 radical (unpaired) electrons. The molecule has 1 aliphatic heterocycles. The van der Waals surface area contributed by atoms with Gasteiger partial charge in [-0.2, -0.15) is 0 Å². The molecule has 2 aromatic carbocycles. The Labute approximate surface area is 146 Å². The van der Waals surface area contributed by atoms with Gasteiger partial charge in [-0.15, -0.1) is 0 Å². The van der Waals surface area contributed by atoms with E-state index < -0.39 is 0 Å². The van der Waals surface area contributed by atoms with E-state index in [9.17, 15) is 0 Å². The first-order valence-electron chi connectivity index (χ1n) is 7.26. The number of fused-ring (bicyclic) bond motifs is 1. The van der Waals surface area contributed by atoms with Crippen molar-refractivity contribution < 1.29 is 0 Å². The minimum absolute atomic E-state index is 0.0926. The molecule has 1 N–H and O–H groups in total. The number of tetrazole rings is 1. The summed E-state index contributed by atoms with van der Waals surface area (Å²) in [7, 11) is 0. The molecule has 4 rings (SSSR count). The molecule has 0 fully saturated rings. The molecular formula is C16H13BrClN5. The van der Waals surface area contributed by atoms with E-state index in [1.54, 1.807) is 0 Å². The van der Waals surface area contributed by atoms with Crippen LogP contribution in [0.15, 0.2) is 53.0 Å². The Morgan fingerprint density at radius 3 is 2.48 bits per heavy atom. The van der Waals surface area contributed by atoms with Crippen molar-refractivity contribution in [2.24, 2.45) is 0 Å². The molecule has 1 aromatic heterocycles. The molecule has 0 saturated carbocycles. The molecule has 0 aliphatic carbocycles. The maximum absolute atomic E-state index is 5.99. The summed E-state index contributed by atoms with van der Waals surface area (Å²) in [5, 5.41) is 16.2. The summed E-state index contributed by atoms with van der Waals surface area (Å²) in [5.41, 5.74) is 2.35. The number of anilines is 1. The molecule has 2 atom stereocenters. The lowest BCUT2D eigenvalue weighted by molar-refractivity contribution is 0.424. The molecule has 0 spiro atoms. The van der Waals surface area contributed by atoms with Crippen LogP contribution in [0.4, 0.5) is 5.95 Å². The van der Waals surface area contributed by atoms with Gasteiger partial charge in [0.1, 0.15) is 0 Å². The highest BCUT2D eigenvalue weighted by Crippen LogP contribution is 2.37. The first-order chi connectivity index (χ1) is 11.2. The predicted molar refractivity (Wildman–Crippen MR) is 92.5 cm³/mol. The first-order valence-corrected chi connectivity index (χ1v) is 8.43. The highest BCUT2D eigenvalue weighted by molar-refractivity contribution is 9.10. The normalized spacial score (nSPS) is 19.9. The van der Waals surface area contributed by atoms with Crippen LogP contribution in [-0.4, -0.2) is 20.2 Å². The Morgan fingerprint density at radius 1 is 1.04 bits per heavy atom. The topological polar surface area (TPSA) is 55.6 Å². The van der Waals surface area contributed by atoms with Gasteiger partial charge >= 0.3 is 0 Å². The van der Waals surface area contributed by atoms with E-state index in [2.05, 4.69) is 48.9 Å². The Bertz CT molecular complexity index is 815. The average Bonchev–Trinajstić information content (AvgIpc) is 3.04. The van der Waals surface area contributed by atoms with Gasteiger partial charge in [-0.3, -0.25) is 0 Å². The second-order valence-corrected chi connectivity index (χ2v) is 6.85. The lowest BCUT2D eigenvalue weighted by Crippen LogP contribution is -2.28. The fourth-order valence-electron chi connectivity index (χ4n) is 2.91. The zero-order valence-electron chi connectivity index (χ0n) is 12.0. The minimum Gasteiger partial charge on any atom is -0.346 e. The van der Waals surface area contributed by atoms with E-state index in [1.165, 1.54) is 11.1 Å². The molecule has 23 heavy (non-hydrogen) atoms. The highest BCUT2D eigenvalue weighted by atomic mass is 79.9. The summed E-state index contributed by atoms with van der Waals surface area (Å²) < 4.78 is 2.90. The van der Waals surface area contributed by atoms with Crippen LogP contribution in [-0.2, 0) is 0 Å². The second kappa shape index (κ2) is 5.94. The van der Waals surface area contributed by atoms with E-state index in [1.807, 2.05) is 41.1 Å². The van der Waals surface area contributed by atoms with Crippen molar-refractivity contribution in [1.82, 2.24) is 20.2 Å². The molecule has 0 bridgehead atoms. The van der Waals surface area contributed by atoms with Crippen LogP contribution in [0.3, 0.4) is 0 Å². The number of hydrogen-bond acceptors (Lipinski definition) is 4. The summed E-state index contributed by atoms with van der Waals surface area (Å²) in [6, 6.07) is 16.4. The van der Waals surface area contributed by atoms with Gasteiger partial charge < -0.3 is 5.32 Å². The van der Waals surface area contributed by atoms with Crippen LogP contribution < -0.4 is 5.32 Å². The van der Waals surface area contributed by atoms with Gasteiger partial charge in [-0.25, -0.2) is 4.68 Å². The number of rotatable bonds is 2. The third kappa shape index (κ3) is 2.84. The SMILES string of the molecule is Clc1ccc([C@@H]2C[C@@H](c3ccc(Br)cc3)n3nnnc3N2)cc1. The Hall–Kier alpha value is -1.92.